The second kappa shape index (κ2) is 7.46. The lowest BCUT2D eigenvalue weighted by Crippen LogP contribution is -2.43. The van der Waals surface area contributed by atoms with E-state index in [0.717, 1.165) is 31.7 Å². The molecule has 1 aromatic rings. The zero-order valence-electron chi connectivity index (χ0n) is 11.7. The number of unbranched alkanes of at least 4 members (excludes halogenated alkanes) is 1. The van der Waals surface area contributed by atoms with Gasteiger partial charge in [0.05, 0.1) is 0 Å². The minimum Gasteiger partial charge on any atom is -0.385 e. The molecule has 19 heavy (non-hydrogen) atoms. The van der Waals surface area contributed by atoms with E-state index in [4.69, 9.17) is 0 Å². The van der Waals surface area contributed by atoms with Crippen molar-refractivity contribution in [3.8, 4) is 0 Å². The Balaban J connectivity index is 1.59. The first kappa shape index (κ1) is 14.3. The summed E-state index contributed by atoms with van der Waals surface area (Å²) in [5.41, 5.74) is 1.71. The summed E-state index contributed by atoms with van der Waals surface area (Å²) >= 11 is 0. The Hall–Kier alpha value is -1.13. The number of nitrogens with zero attached hydrogens (tertiary/aromatic N) is 1. The first-order chi connectivity index (χ1) is 9.25. The van der Waals surface area contributed by atoms with Crippen LogP contribution in [0.25, 0.3) is 0 Å². The zero-order chi connectivity index (χ0) is 13.5. The fraction of sp³-hybridized carbons (Fsp3) is 0.600. The van der Waals surface area contributed by atoms with Crippen LogP contribution in [0.2, 0.25) is 0 Å². The molecule has 1 aromatic carbocycles. The highest BCUT2D eigenvalue weighted by molar-refractivity contribution is 5.45. The first-order valence-corrected chi connectivity index (χ1v) is 7.19. The number of hydrogen-bond donors (Lipinski definition) is 2. The van der Waals surface area contributed by atoms with Crippen LogP contribution in [-0.4, -0.2) is 44.2 Å². The number of halogens is 1. The molecule has 0 bridgehead atoms. The number of anilines is 1. The van der Waals surface area contributed by atoms with Gasteiger partial charge in [0.1, 0.15) is 5.82 Å². The maximum atomic E-state index is 13.1. The van der Waals surface area contributed by atoms with Crippen LogP contribution in [0.4, 0.5) is 10.1 Å². The van der Waals surface area contributed by atoms with Crippen molar-refractivity contribution in [1.82, 2.24) is 10.2 Å². The lowest BCUT2D eigenvalue weighted by atomic mass is 10.2. The van der Waals surface area contributed by atoms with E-state index < -0.39 is 0 Å². The van der Waals surface area contributed by atoms with Crippen LogP contribution >= 0.6 is 0 Å². The summed E-state index contributed by atoms with van der Waals surface area (Å²) in [4.78, 5) is 2.51. The summed E-state index contributed by atoms with van der Waals surface area (Å²) in [5.74, 6) is -0.135. The molecule has 1 aliphatic rings. The van der Waals surface area contributed by atoms with Crippen LogP contribution in [0.5, 0.6) is 0 Å². The van der Waals surface area contributed by atoms with E-state index >= 15 is 0 Å². The van der Waals surface area contributed by atoms with Gasteiger partial charge in [0.15, 0.2) is 0 Å². The quantitative estimate of drug-likeness (QED) is 0.772. The number of piperazine rings is 1. The SMILES string of the molecule is Cc1cc(NCCCCN2CCNCC2)ccc1F. The molecule has 4 heteroatoms. The van der Waals surface area contributed by atoms with Gasteiger partial charge in [-0.3, -0.25) is 0 Å². The van der Waals surface area contributed by atoms with Gasteiger partial charge in [0, 0.05) is 38.4 Å². The Bertz CT molecular complexity index is 389. The fourth-order valence-electron chi connectivity index (χ4n) is 2.38. The van der Waals surface area contributed by atoms with Gasteiger partial charge in [-0.15, -0.1) is 0 Å². The van der Waals surface area contributed by atoms with Crippen molar-refractivity contribution < 1.29 is 4.39 Å². The number of benzene rings is 1. The zero-order valence-corrected chi connectivity index (χ0v) is 11.7. The van der Waals surface area contributed by atoms with Crippen molar-refractivity contribution in [3.63, 3.8) is 0 Å². The van der Waals surface area contributed by atoms with Gasteiger partial charge >= 0.3 is 0 Å². The van der Waals surface area contributed by atoms with Crippen molar-refractivity contribution in [2.75, 3.05) is 44.6 Å². The summed E-state index contributed by atoms with van der Waals surface area (Å²) in [6.07, 6.45) is 2.37. The average Bonchev–Trinajstić information content (AvgIpc) is 2.43. The van der Waals surface area contributed by atoms with E-state index in [1.54, 1.807) is 13.0 Å². The van der Waals surface area contributed by atoms with E-state index in [-0.39, 0.29) is 5.82 Å². The molecule has 3 nitrogen and oxygen atoms in total. The Morgan fingerprint density at radius 3 is 2.79 bits per heavy atom. The molecule has 0 unspecified atom stereocenters. The molecule has 2 N–H and O–H groups in total. The summed E-state index contributed by atoms with van der Waals surface area (Å²) < 4.78 is 13.1. The summed E-state index contributed by atoms with van der Waals surface area (Å²) in [7, 11) is 0. The second-order valence-electron chi connectivity index (χ2n) is 5.19. The van der Waals surface area contributed by atoms with Gasteiger partial charge in [0.2, 0.25) is 0 Å². The van der Waals surface area contributed by atoms with Crippen LogP contribution in [0.1, 0.15) is 18.4 Å². The fourth-order valence-corrected chi connectivity index (χ4v) is 2.38. The highest BCUT2D eigenvalue weighted by Crippen LogP contribution is 2.13. The van der Waals surface area contributed by atoms with Crippen molar-refractivity contribution in [3.05, 3.63) is 29.6 Å². The molecule has 1 saturated heterocycles. The Morgan fingerprint density at radius 2 is 2.05 bits per heavy atom. The number of hydrogen-bond acceptors (Lipinski definition) is 3. The highest BCUT2D eigenvalue weighted by Gasteiger charge is 2.07. The molecule has 0 spiro atoms. The Labute approximate surface area is 115 Å². The Morgan fingerprint density at radius 1 is 1.26 bits per heavy atom. The number of rotatable bonds is 6. The molecule has 2 rings (SSSR count). The molecule has 0 aliphatic carbocycles. The van der Waals surface area contributed by atoms with Gasteiger partial charge in [0.25, 0.3) is 0 Å². The number of aryl methyl sites for hydroxylation is 1. The molecule has 106 valence electrons. The van der Waals surface area contributed by atoms with Gasteiger partial charge in [-0.05, 0) is 50.1 Å². The minimum atomic E-state index is -0.135. The van der Waals surface area contributed by atoms with Crippen LogP contribution in [0.3, 0.4) is 0 Å². The van der Waals surface area contributed by atoms with E-state index in [0.29, 0.717) is 5.56 Å². The maximum absolute atomic E-state index is 13.1. The molecule has 1 fully saturated rings. The van der Waals surface area contributed by atoms with Crippen molar-refractivity contribution in [1.29, 1.82) is 0 Å². The van der Waals surface area contributed by atoms with Crippen LogP contribution in [0, 0.1) is 12.7 Å². The molecule has 0 aromatic heterocycles. The standard InChI is InChI=1S/C15H24FN3/c1-13-12-14(4-5-15(13)16)18-6-2-3-9-19-10-7-17-8-11-19/h4-5,12,17-18H,2-3,6-11H2,1H3. The smallest absolute Gasteiger partial charge is 0.126 e. The molecule has 0 amide bonds. The molecule has 0 saturated carbocycles. The van der Waals surface area contributed by atoms with Crippen LogP contribution < -0.4 is 10.6 Å². The summed E-state index contributed by atoms with van der Waals surface area (Å²) in [6.45, 7) is 8.52. The first-order valence-electron chi connectivity index (χ1n) is 7.19. The lowest BCUT2D eigenvalue weighted by molar-refractivity contribution is 0.237. The van der Waals surface area contributed by atoms with E-state index in [2.05, 4.69) is 15.5 Å². The van der Waals surface area contributed by atoms with Gasteiger partial charge in [-0.25, -0.2) is 4.39 Å². The third-order valence-corrected chi connectivity index (χ3v) is 3.60. The van der Waals surface area contributed by atoms with Crippen molar-refractivity contribution >= 4 is 5.69 Å². The summed E-state index contributed by atoms with van der Waals surface area (Å²) in [6, 6.07) is 5.20. The predicted octanol–water partition coefficient (Wildman–Crippen LogP) is 2.23. The normalized spacial score (nSPS) is 16.5. The van der Waals surface area contributed by atoms with Gasteiger partial charge in [-0.1, -0.05) is 0 Å². The van der Waals surface area contributed by atoms with Crippen LogP contribution in [-0.2, 0) is 0 Å². The number of nitrogens with one attached hydrogen (secondary N) is 2. The third-order valence-electron chi connectivity index (χ3n) is 3.60. The minimum absolute atomic E-state index is 0.135. The largest absolute Gasteiger partial charge is 0.385 e. The van der Waals surface area contributed by atoms with Crippen molar-refractivity contribution in [2.24, 2.45) is 0 Å². The van der Waals surface area contributed by atoms with Gasteiger partial charge < -0.3 is 15.5 Å². The summed E-state index contributed by atoms with van der Waals surface area (Å²) in [5, 5.41) is 6.72. The molecule has 1 aliphatic heterocycles. The van der Waals surface area contributed by atoms with Crippen LogP contribution in [0.15, 0.2) is 18.2 Å². The maximum Gasteiger partial charge on any atom is 0.126 e. The third kappa shape index (κ3) is 4.80. The van der Waals surface area contributed by atoms with E-state index in [1.807, 2.05) is 6.07 Å². The molecule has 1 heterocycles. The topological polar surface area (TPSA) is 27.3 Å². The monoisotopic (exact) mass is 265 g/mol. The molecule has 0 atom stereocenters. The van der Waals surface area contributed by atoms with Crippen molar-refractivity contribution in [2.45, 2.75) is 19.8 Å². The molecule has 0 radical (unpaired) electrons. The molecular weight excluding hydrogens is 241 g/mol. The highest BCUT2D eigenvalue weighted by atomic mass is 19.1. The van der Waals surface area contributed by atoms with E-state index in [9.17, 15) is 4.39 Å². The van der Waals surface area contributed by atoms with E-state index in [1.165, 1.54) is 32.1 Å². The van der Waals surface area contributed by atoms with Gasteiger partial charge in [-0.2, -0.15) is 0 Å². The lowest BCUT2D eigenvalue weighted by Gasteiger charge is -2.27. The average molecular weight is 265 g/mol. The second-order valence-corrected chi connectivity index (χ2v) is 5.19. The predicted molar refractivity (Wildman–Crippen MR) is 78.2 cm³/mol. The molecular formula is C15H24FN3. The Kier molecular flexibility index (Phi) is 5.61.